The van der Waals surface area contributed by atoms with E-state index >= 15 is 0 Å². The van der Waals surface area contributed by atoms with Crippen molar-refractivity contribution in [3.63, 3.8) is 0 Å². The van der Waals surface area contributed by atoms with Gasteiger partial charge in [0.2, 0.25) is 0 Å². The number of methoxy groups -OCH3 is 1. The zero-order valence-corrected chi connectivity index (χ0v) is 6.32. The molecule has 2 unspecified atom stereocenters. The van der Waals surface area contributed by atoms with Gasteiger partial charge in [-0.15, -0.1) is 0 Å². The van der Waals surface area contributed by atoms with E-state index in [-0.39, 0.29) is 12.4 Å². The average molecular weight is 154 g/mol. The maximum Gasteiger partial charge on any atom is 0.161 e. The molecule has 1 aliphatic heterocycles. The summed E-state index contributed by atoms with van der Waals surface area (Å²) in [5.74, 6) is 0.887. The minimum Gasteiger partial charge on any atom is -0.467 e. The molecule has 1 aliphatic rings. The van der Waals surface area contributed by atoms with E-state index in [2.05, 4.69) is 0 Å². The lowest BCUT2D eigenvalue weighted by molar-refractivity contribution is -0.253. The lowest BCUT2D eigenvalue weighted by atomic mass is 10.1. The van der Waals surface area contributed by atoms with Gasteiger partial charge in [0.1, 0.15) is 11.9 Å². The van der Waals surface area contributed by atoms with Gasteiger partial charge in [0.15, 0.2) is 6.29 Å². The fourth-order valence-electron chi connectivity index (χ4n) is 1.16. The molecular weight excluding hydrogens is 144 g/mol. The van der Waals surface area contributed by atoms with Crippen molar-refractivity contribution in [3.05, 3.63) is 24.2 Å². The molecule has 3 heteroatoms. The smallest absolute Gasteiger partial charge is 0.161 e. The quantitative estimate of drug-likeness (QED) is 0.649. The zero-order chi connectivity index (χ0) is 7.68. The highest BCUT2D eigenvalue weighted by molar-refractivity contribution is 5.04. The second-order valence-electron chi connectivity index (χ2n) is 2.54. The van der Waals surface area contributed by atoms with E-state index in [0.29, 0.717) is 0 Å². The van der Waals surface area contributed by atoms with Crippen molar-refractivity contribution in [1.29, 1.82) is 0 Å². The number of ether oxygens (including phenoxy) is 2. The van der Waals surface area contributed by atoms with Crippen LogP contribution in [0.3, 0.4) is 0 Å². The zero-order valence-electron chi connectivity index (χ0n) is 6.32. The van der Waals surface area contributed by atoms with Gasteiger partial charge >= 0.3 is 0 Å². The Labute approximate surface area is 64.9 Å². The molecule has 11 heavy (non-hydrogen) atoms. The lowest BCUT2D eigenvalue weighted by Gasteiger charge is -2.32. The van der Waals surface area contributed by atoms with Gasteiger partial charge < -0.3 is 13.9 Å². The van der Waals surface area contributed by atoms with Crippen LogP contribution >= 0.6 is 0 Å². The van der Waals surface area contributed by atoms with Gasteiger partial charge in [0.25, 0.3) is 0 Å². The summed E-state index contributed by atoms with van der Waals surface area (Å²) in [7, 11) is 1.64. The summed E-state index contributed by atoms with van der Waals surface area (Å²) in [6.07, 6.45) is 2.61. The molecule has 0 amide bonds. The fourth-order valence-corrected chi connectivity index (χ4v) is 1.16. The minimum absolute atomic E-state index is 0.0369. The Morgan fingerprint density at radius 2 is 2.45 bits per heavy atom. The van der Waals surface area contributed by atoms with Crippen LogP contribution in [-0.2, 0) is 9.47 Å². The molecule has 2 rings (SSSR count). The van der Waals surface area contributed by atoms with Crippen LogP contribution in [0.5, 0.6) is 0 Å². The monoisotopic (exact) mass is 154 g/mol. The molecular formula is C8H10O3. The van der Waals surface area contributed by atoms with Crippen LogP contribution in [0, 0.1) is 0 Å². The third-order valence-corrected chi connectivity index (χ3v) is 1.85. The highest BCUT2D eigenvalue weighted by Gasteiger charge is 2.32. The molecule has 0 radical (unpaired) electrons. The first-order valence-electron chi connectivity index (χ1n) is 3.62. The second-order valence-corrected chi connectivity index (χ2v) is 2.54. The summed E-state index contributed by atoms with van der Waals surface area (Å²) < 4.78 is 15.4. The van der Waals surface area contributed by atoms with Gasteiger partial charge in [-0.1, -0.05) is 0 Å². The molecule has 0 spiro atoms. The SMILES string of the molecule is COC1CC(c2ccco2)O1. The van der Waals surface area contributed by atoms with E-state index in [1.807, 2.05) is 12.1 Å². The summed E-state index contributed by atoms with van der Waals surface area (Å²) in [6.45, 7) is 0. The minimum atomic E-state index is -0.0369. The third-order valence-electron chi connectivity index (χ3n) is 1.85. The second kappa shape index (κ2) is 2.68. The van der Waals surface area contributed by atoms with Gasteiger partial charge in [-0.05, 0) is 12.1 Å². The first-order chi connectivity index (χ1) is 5.40. The summed E-state index contributed by atoms with van der Waals surface area (Å²) in [4.78, 5) is 0. The van der Waals surface area contributed by atoms with Gasteiger partial charge in [-0.3, -0.25) is 0 Å². The van der Waals surface area contributed by atoms with E-state index in [4.69, 9.17) is 13.9 Å². The Bertz CT molecular complexity index is 211. The van der Waals surface area contributed by atoms with E-state index in [0.717, 1.165) is 12.2 Å². The van der Waals surface area contributed by atoms with Crippen LogP contribution in [0.15, 0.2) is 22.8 Å². The summed E-state index contributed by atoms with van der Waals surface area (Å²) >= 11 is 0. The van der Waals surface area contributed by atoms with Crippen molar-refractivity contribution in [2.45, 2.75) is 18.8 Å². The number of furan rings is 1. The number of rotatable bonds is 2. The molecule has 0 saturated carbocycles. The van der Waals surface area contributed by atoms with E-state index in [1.165, 1.54) is 0 Å². The molecule has 0 N–H and O–H groups in total. The maximum absolute atomic E-state index is 5.32. The van der Waals surface area contributed by atoms with Crippen LogP contribution in [0.4, 0.5) is 0 Å². The molecule has 2 atom stereocenters. The van der Waals surface area contributed by atoms with Gasteiger partial charge in [0.05, 0.1) is 6.26 Å². The average Bonchev–Trinajstić information content (AvgIpc) is 2.37. The van der Waals surface area contributed by atoms with E-state index in [9.17, 15) is 0 Å². The van der Waals surface area contributed by atoms with Crippen LogP contribution in [-0.4, -0.2) is 13.4 Å². The van der Waals surface area contributed by atoms with Crippen LogP contribution < -0.4 is 0 Å². The molecule has 1 aromatic heterocycles. The molecule has 0 aliphatic carbocycles. The lowest BCUT2D eigenvalue weighted by Crippen LogP contribution is -2.31. The summed E-state index contributed by atoms with van der Waals surface area (Å²) in [6, 6.07) is 3.77. The van der Waals surface area contributed by atoms with Gasteiger partial charge in [-0.25, -0.2) is 0 Å². The predicted octanol–water partition coefficient (Wildman–Crippen LogP) is 1.71. The Kier molecular flexibility index (Phi) is 1.68. The molecule has 1 saturated heterocycles. The molecule has 3 nitrogen and oxygen atoms in total. The van der Waals surface area contributed by atoms with Crippen molar-refractivity contribution in [3.8, 4) is 0 Å². The van der Waals surface area contributed by atoms with Crippen LogP contribution in [0.25, 0.3) is 0 Å². The van der Waals surface area contributed by atoms with E-state index < -0.39 is 0 Å². The number of hydrogen-bond acceptors (Lipinski definition) is 3. The maximum atomic E-state index is 5.32. The first-order valence-corrected chi connectivity index (χ1v) is 3.62. The van der Waals surface area contributed by atoms with Crippen LogP contribution in [0.2, 0.25) is 0 Å². The highest BCUT2D eigenvalue weighted by atomic mass is 16.7. The standard InChI is InChI=1S/C8H10O3/c1-9-8-5-7(11-8)6-3-2-4-10-6/h2-4,7-8H,5H2,1H3. The van der Waals surface area contributed by atoms with Crippen LogP contribution in [0.1, 0.15) is 18.3 Å². The largest absolute Gasteiger partial charge is 0.467 e. The molecule has 1 fully saturated rings. The summed E-state index contributed by atoms with van der Waals surface area (Å²) in [5.41, 5.74) is 0. The molecule has 2 heterocycles. The first kappa shape index (κ1) is 6.88. The van der Waals surface area contributed by atoms with Crippen molar-refractivity contribution in [1.82, 2.24) is 0 Å². The highest BCUT2D eigenvalue weighted by Crippen LogP contribution is 2.34. The van der Waals surface area contributed by atoms with Crippen molar-refractivity contribution >= 4 is 0 Å². The Hall–Kier alpha value is -0.800. The third kappa shape index (κ3) is 1.17. The molecule has 60 valence electrons. The Morgan fingerprint density at radius 1 is 1.64 bits per heavy atom. The Morgan fingerprint density at radius 3 is 3.00 bits per heavy atom. The topological polar surface area (TPSA) is 31.6 Å². The summed E-state index contributed by atoms with van der Waals surface area (Å²) in [5, 5.41) is 0. The molecule has 0 aromatic carbocycles. The van der Waals surface area contributed by atoms with Gasteiger partial charge in [0, 0.05) is 13.5 Å². The number of hydrogen-bond donors (Lipinski definition) is 0. The fraction of sp³-hybridized carbons (Fsp3) is 0.500. The van der Waals surface area contributed by atoms with Gasteiger partial charge in [-0.2, -0.15) is 0 Å². The van der Waals surface area contributed by atoms with E-state index in [1.54, 1.807) is 13.4 Å². The predicted molar refractivity (Wildman–Crippen MR) is 37.9 cm³/mol. The molecule has 1 aromatic rings. The van der Waals surface area contributed by atoms with Crippen molar-refractivity contribution < 1.29 is 13.9 Å². The normalized spacial score (nSPS) is 29.9. The van der Waals surface area contributed by atoms with Crippen molar-refractivity contribution in [2.75, 3.05) is 7.11 Å². The van der Waals surface area contributed by atoms with Crippen molar-refractivity contribution in [2.24, 2.45) is 0 Å². The molecule has 0 bridgehead atoms. The Balaban J connectivity index is 1.92.